The molecule has 0 radical (unpaired) electrons. The van der Waals surface area contributed by atoms with Crippen LogP contribution in [0.4, 0.5) is 0 Å². The Labute approximate surface area is 94.8 Å². The van der Waals surface area contributed by atoms with Crippen LogP contribution in [0, 0.1) is 0 Å². The number of thiophene rings is 1. The Morgan fingerprint density at radius 2 is 2.27 bits per heavy atom. The van der Waals surface area contributed by atoms with Crippen LogP contribution >= 0.6 is 11.3 Å². The zero-order valence-electron chi connectivity index (χ0n) is 8.72. The number of hydrogen-bond acceptors (Lipinski definition) is 4. The van der Waals surface area contributed by atoms with Crippen molar-refractivity contribution >= 4 is 21.4 Å². The smallest absolute Gasteiger partial charge is 0.214 e. The number of nitrogens with zero attached hydrogens (tertiary/aromatic N) is 1. The highest BCUT2D eigenvalue weighted by Gasteiger charge is 2.17. The fourth-order valence-corrected chi connectivity index (χ4v) is 3.16. The highest BCUT2D eigenvalue weighted by atomic mass is 32.2. The first-order valence-electron chi connectivity index (χ1n) is 4.72. The second kappa shape index (κ2) is 5.60. The zero-order valence-corrected chi connectivity index (χ0v) is 10.4. The number of nitrogens with two attached hydrogens (primary N) is 1. The predicted octanol–water partition coefficient (Wildman–Crippen LogP) is 0.859. The van der Waals surface area contributed by atoms with Crippen LogP contribution in [-0.4, -0.2) is 32.1 Å². The van der Waals surface area contributed by atoms with Crippen LogP contribution in [0.25, 0.3) is 0 Å². The van der Waals surface area contributed by atoms with Crippen LogP contribution in [0.15, 0.2) is 17.5 Å². The molecule has 4 nitrogen and oxygen atoms in total. The Morgan fingerprint density at radius 3 is 2.80 bits per heavy atom. The van der Waals surface area contributed by atoms with E-state index in [1.807, 2.05) is 17.5 Å². The van der Waals surface area contributed by atoms with Crippen molar-refractivity contribution in [1.29, 1.82) is 0 Å². The lowest BCUT2D eigenvalue weighted by atomic mass is 10.5. The van der Waals surface area contributed by atoms with E-state index in [0.29, 0.717) is 19.5 Å². The number of rotatable bonds is 6. The molecule has 0 aliphatic rings. The summed E-state index contributed by atoms with van der Waals surface area (Å²) in [6, 6.07) is 3.85. The molecule has 0 aliphatic heterocycles. The van der Waals surface area contributed by atoms with Gasteiger partial charge >= 0.3 is 0 Å². The molecule has 0 saturated heterocycles. The molecule has 0 aromatic carbocycles. The van der Waals surface area contributed by atoms with E-state index in [4.69, 9.17) is 5.73 Å². The summed E-state index contributed by atoms with van der Waals surface area (Å²) in [6.07, 6.45) is 0.511. The summed E-state index contributed by atoms with van der Waals surface area (Å²) in [5, 5.41) is 1.94. The maximum atomic E-state index is 11.7. The summed E-state index contributed by atoms with van der Waals surface area (Å²) in [7, 11) is -1.54. The molecule has 0 amide bonds. The van der Waals surface area contributed by atoms with Crippen molar-refractivity contribution in [2.24, 2.45) is 5.73 Å². The van der Waals surface area contributed by atoms with E-state index < -0.39 is 10.0 Å². The molecule has 0 unspecified atom stereocenters. The van der Waals surface area contributed by atoms with Gasteiger partial charge in [0.15, 0.2) is 0 Å². The quantitative estimate of drug-likeness (QED) is 0.812. The summed E-state index contributed by atoms with van der Waals surface area (Å²) < 4.78 is 24.8. The molecule has 2 N–H and O–H groups in total. The molecular formula is C9H16N2O2S2. The average molecular weight is 248 g/mol. The van der Waals surface area contributed by atoms with Gasteiger partial charge in [-0.25, -0.2) is 8.42 Å². The van der Waals surface area contributed by atoms with Gasteiger partial charge in [0, 0.05) is 18.5 Å². The molecule has 15 heavy (non-hydrogen) atoms. The van der Waals surface area contributed by atoms with E-state index in [-0.39, 0.29) is 5.75 Å². The van der Waals surface area contributed by atoms with Crippen molar-refractivity contribution in [3.8, 4) is 0 Å². The van der Waals surface area contributed by atoms with Crippen molar-refractivity contribution in [1.82, 2.24) is 4.31 Å². The van der Waals surface area contributed by atoms with Crippen molar-refractivity contribution in [2.45, 2.75) is 13.0 Å². The third-order valence-corrected chi connectivity index (χ3v) is 4.78. The summed E-state index contributed by atoms with van der Waals surface area (Å²) in [5.74, 6) is 0.130. The molecule has 0 spiro atoms. The minimum absolute atomic E-state index is 0.130. The van der Waals surface area contributed by atoms with E-state index in [9.17, 15) is 8.42 Å². The summed E-state index contributed by atoms with van der Waals surface area (Å²) in [4.78, 5) is 1.05. The lowest BCUT2D eigenvalue weighted by Crippen LogP contribution is -2.29. The van der Waals surface area contributed by atoms with Gasteiger partial charge in [-0.05, 0) is 24.4 Å². The fraction of sp³-hybridized carbons (Fsp3) is 0.556. The van der Waals surface area contributed by atoms with E-state index in [0.717, 1.165) is 4.88 Å². The normalized spacial score (nSPS) is 12.2. The SMILES string of the molecule is CN(Cc1cccs1)S(=O)(=O)CCCN. The maximum Gasteiger partial charge on any atom is 0.214 e. The molecule has 0 bridgehead atoms. The fourth-order valence-electron chi connectivity index (χ4n) is 1.14. The molecule has 0 saturated carbocycles. The minimum atomic E-state index is -3.14. The monoisotopic (exact) mass is 248 g/mol. The van der Waals surface area contributed by atoms with Gasteiger partial charge in [0.25, 0.3) is 0 Å². The molecule has 0 aliphatic carbocycles. The molecule has 0 atom stereocenters. The summed E-state index contributed by atoms with van der Waals surface area (Å²) in [6.45, 7) is 0.858. The van der Waals surface area contributed by atoms with Crippen molar-refractivity contribution in [3.05, 3.63) is 22.4 Å². The lowest BCUT2D eigenvalue weighted by Gasteiger charge is -2.15. The van der Waals surface area contributed by atoms with Crippen molar-refractivity contribution < 1.29 is 8.42 Å². The molecule has 0 fully saturated rings. The first-order valence-corrected chi connectivity index (χ1v) is 7.21. The van der Waals surface area contributed by atoms with Gasteiger partial charge in [0.2, 0.25) is 10.0 Å². The van der Waals surface area contributed by atoms with Crippen LogP contribution in [0.5, 0.6) is 0 Å². The Kier molecular flexibility index (Phi) is 4.72. The lowest BCUT2D eigenvalue weighted by molar-refractivity contribution is 0.468. The topological polar surface area (TPSA) is 63.4 Å². The Morgan fingerprint density at radius 1 is 1.53 bits per heavy atom. The third kappa shape index (κ3) is 3.90. The largest absolute Gasteiger partial charge is 0.330 e. The van der Waals surface area contributed by atoms with Gasteiger partial charge in [0.1, 0.15) is 0 Å². The van der Waals surface area contributed by atoms with Gasteiger partial charge in [0.05, 0.1) is 5.75 Å². The Hall–Kier alpha value is -0.430. The van der Waals surface area contributed by atoms with Crippen LogP contribution in [-0.2, 0) is 16.6 Å². The first-order chi connectivity index (χ1) is 7.06. The Bertz CT molecular complexity index is 373. The maximum absolute atomic E-state index is 11.7. The second-order valence-corrected chi connectivity index (χ2v) is 6.52. The van der Waals surface area contributed by atoms with E-state index >= 15 is 0 Å². The standard InChI is InChI=1S/C9H16N2O2S2/c1-11(8-9-4-2-6-14-9)15(12,13)7-3-5-10/h2,4,6H,3,5,7-8,10H2,1H3. The van der Waals surface area contributed by atoms with Gasteiger partial charge in [-0.2, -0.15) is 4.31 Å². The molecule has 1 aromatic rings. The van der Waals surface area contributed by atoms with Crippen LogP contribution < -0.4 is 5.73 Å². The highest BCUT2D eigenvalue weighted by Crippen LogP contribution is 2.13. The molecule has 86 valence electrons. The van der Waals surface area contributed by atoms with Crippen molar-refractivity contribution in [3.63, 3.8) is 0 Å². The summed E-state index contributed by atoms with van der Waals surface area (Å²) >= 11 is 1.56. The molecule has 1 aromatic heterocycles. The molecule has 6 heteroatoms. The van der Waals surface area contributed by atoms with Gasteiger partial charge in [-0.3, -0.25) is 0 Å². The zero-order chi connectivity index (χ0) is 11.3. The van der Waals surface area contributed by atoms with Crippen molar-refractivity contribution in [2.75, 3.05) is 19.3 Å². The van der Waals surface area contributed by atoms with Crippen LogP contribution in [0.3, 0.4) is 0 Å². The van der Waals surface area contributed by atoms with Crippen LogP contribution in [0.2, 0.25) is 0 Å². The van der Waals surface area contributed by atoms with Gasteiger partial charge < -0.3 is 5.73 Å². The Balaban J connectivity index is 2.56. The summed E-state index contributed by atoms with van der Waals surface area (Å²) in [5.41, 5.74) is 5.29. The molecule has 1 rings (SSSR count). The van der Waals surface area contributed by atoms with E-state index in [1.54, 1.807) is 18.4 Å². The predicted molar refractivity (Wildman–Crippen MR) is 63.2 cm³/mol. The number of hydrogen-bond donors (Lipinski definition) is 1. The van der Waals surface area contributed by atoms with Gasteiger partial charge in [-0.15, -0.1) is 11.3 Å². The van der Waals surface area contributed by atoms with Gasteiger partial charge in [-0.1, -0.05) is 6.07 Å². The number of sulfonamides is 1. The third-order valence-electron chi connectivity index (χ3n) is 2.04. The molecular weight excluding hydrogens is 232 g/mol. The first kappa shape index (κ1) is 12.6. The van der Waals surface area contributed by atoms with E-state index in [1.165, 1.54) is 4.31 Å². The highest BCUT2D eigenvalue weighted by molar-refractivity contribution is 7.89. The second-order valence-electron chi connectivity index (χ2n) is 3.29. The van der Waals surface area contributed by atoms with E-state index in [2.05, 4.69) is 0 Å². The minimum Gasteiger partial charge on any atom is -0.330 e. The average Bonchev–Trinajstić information content (AvgIpc) is 2.67. The molecule has 1 heterocycles. The van der Waals surface area contributed by atoms with Crippen LogP contribution in [0.1, 0.15) is 11.3 Å².